The fraction of sp³-hybridized carbons (Fsp3) is 0.560. The van der Waals surface area contributed by atoms with Crippen LogP contribution in [0.2, 0.25) is 0 Å². The van der Waals surface area contributed by atoms with Crippen molar-refractivity contribution in [2.75, 3.05) is 46.5 Å². The van der Waals surface area contributed by atoms with E-state index < -0.39 is 30.2 Å². The monoisotopic (exact) mass is 472 g/mol. The molecule has 1 aromatic rings. The predicted octanol–water partition coefficient (Wildman–Crippen LogP) is 2.05. The van der Waals surface area contributed by atoms with Crippen molar-refractivity contribution >= 4 is 17.7 Å². The lowest BCUT2D eigenvalue weighted by Crippen LogP contribution is -2.43. The lowest BCUT2D eigenvalue weighted by Gasteiger charge is -2.36. The summed E-state index contributed by atoms with van der Waals surface area (Å²) in [7, 11) is 1.31. The second-order valence-electron chi connectivity index (χ2n) is 9.25. The summed E-state index contributed by atoms with van der Waals surface area (Å²) >= 11 is 0. The number of nitrogens with zero attached hydrogens (tertiary/aromatic N) is 2. The van der Waals surface area contributed by atoms with Gasteiger partial charge in [0.25, 0.3) is 5.91 Å². The zero-order valence-corrected chi connectivity index (χ0v) is 19.2. The third-order valence-corrected chi connectivity index (χ3v) is 7.29. The lowest BCUT2D eigenvalue weighted by atomic mass is 9.77. The molecule has 2 fully saturated rings. The lowest BCUT2D eigenvalue weighted by molar-refractivity contribution is -0.136. The number of benzene rings is 1. The number of methoxy groups -OCH3 is 1. The number of Topliss-reactive ketones (excluding diaryl/α,β-unsaturated/α-hetero) is 1. The molecule has 0 bridgehead atoms. The summed E-state index contributed by atoms with van der Waals surface area (Å²) in [6, 6.07) is 6.09. The molecule has 1 aromatic carbocycles. The summed E-state index contributed by atoms with van der Waals surface area (Å²) in [5.74, 6) is -1.44. The zero-order chi connectivity index (χ0) is 23.8. The van der Waals surface area contributed by atoms with Crippen LogP contribution in [0, 0.1) is 5.92 Å². The van der Waals surface area contributed by atoms with E-state index in [1.807, 2.05) is 0 Å². The molecule has 1 aliphatic carbocycles. The van der Waals surface area contributed by atoms with Crippen molar-refractivity contribution in [3.63, 3.8) is 0 Å². The number of hydrogen-bond donors (Lipinski definition) is 0. The molecule has 5 rings (SSSR count). The van der Waals surface area contributed by atoms with Gasteiger partial charge in [0.05, 0.1) is 43.4 Å². The van der Waals surface area contributed by atoms with Gasteiger partial charge in [0, 0.05) is 26.2 Å². The Labute approximate surface area is 197 Å². The van der Waals surface area contributed by atoms with Crippen molar-refractivity contribution in [3.8, 4) is 0 Å². The molecule has 1 saturated heterocycles. The van der Waals surface area contributed by atoms with E-state index in [9.17, 15) is 18.8 Å². The van der Waals surface area contributed by atoms with E-state index in [-0.39, 0.29) is 23.9 Å². The van der Waals surface area contributed by atoms with Gasteiger partial charge in [0.2, 0.25) is 0 Å². The number of hydrogen-bond acceptors (Lipinski definition) is 7. The Morgan fingerprint density at radius 1 is 1.12 bits per heavy atom. The number of rotatable bonds is 5. The van der Waals surface area contributed by atoms with Gasteiger partial charge in [-0.05, 0) is 37.0 Å². The third kappa shape index (κ3) is 4.11. The molecule has 34 heavy (non-hydrogen) atoms. The van der Waals surface area contributed by atoms with Crippen molar-refractivity contribution in [2.45, 2.75) is 37.6 Å². The van der Waals surface area contributed by atoms with Crippen LogP contribution in [0.15, 0.2) is 35.6 Å². The topological polar surface area (TPSA) is 85.4 Å². The smallest absolute Gasteiger partial charge is 0.337 e. The molecule has 182 valence electrons. The van der Waals surface area contributed by atoms with Gasteiger partial charge in [-0.3, -0.25) is 14.5 Å². The van der Waals surface area contributed by atoms with Crippen LogP contribution in [0.3, 0.4) is 0 Å². The Kier molecular flexibility index (Phi) is 6.40. The molecule has 0 radical (unpaired) electrons. The Hall–Kier alpha value is -2.78. The molecule has 8 nitrogen and oxygen atoms in total. The normalized spacial score (nSPS) is 29.5. The zero-order valence-electron chi connectivity index (χ0n) is 19.2. The Balaban J connectivity index is 1.47. The van der Waals surface area contributed by atoms with Crippen LogP contribution < -0.4 is 0 Å². The molecule has 1 amide bonds. The number of halogens is 1. The third-order valence-electron chi connectivity index (χ3n) is 7.29. The summed E-state index contributed by atoms with van der Waals surface area (Å²) in [5.41, 5.74) is 1.40. The van der Waals surface area contributed by atoms with Gasteiger partial charge in [-0.15, -0.1) is 0 Å². The van der Waals surface area contributed by atoms with Crippen LogP contribution >= 0.6 is 0 Å². The van der Waals surface area contributed by atoms with Gasteiger partial charge in [0.1, 0.15) is 12.3 Å². The average molecular weight is 473 g/mol. The first-order valence-corrected chi connectivity index (χ1v) is 11.9. The van der Waals surface area contributed by atoms with Crippen LogP contribution in [-0.4, -0.2) is 86.2 Å². The fourth-order valence-corrected chi connectivity index (χ4v) is 5.43. The molecule has 9 heteroatoms. The summed E-state index contributed by atoms with van der Waals surface area (Å²) in [4.78, 5) is 42.9. The van der Waals surface area contributed by atoms with E-state index >= 15 is 0 Å². The van der Waals surface area contributed by atoms with Crippen LogP contribution in [-0.2, 0) is 23.8 Å². The van der Waals surface area contributed by atoms with Gasteiger partial charge >= 0.3 is 5.97 Å². The highest BCUT2D eigenvalue weighted by atomic mass is 19.1. The summed E-state index contributed by atoms with van der Waals surface area (Å²) < 4.78 is 30.4. The highest BCUT2D eigenvalue weighted by molar-refractivity contribution is 6.11. The van der Waals surface area contributed by atoms with E-state index in [4.69, 9.17) is 14.2 Å². The first-order chi connectivity index (χ1) is 16.5. The van der Waals surface area contributed by atoms with E-state index in [2.05, 4.69) is 4.90 Å². The second kappa shape index (κ2) is 9.46. The average Bonchev–Trinajstić information content (AvgIpc) is 3.15. The molecule has 4 atom stereocenters. The van der Waals surface area contributed by atoms with E-state index in [1.54, 1.807) is 29.2 Å². The Morgan fingerprint density at radius 3 is 2.56 bits per heavy atom. The van der Waals surface area contributed by atoms with Crippen molar-refractivity contribution in [1.29, 1.82) is 0 Å². The van der Waals surface area contributed by atoms with Gasteiger partial charge in [-0.2, -0.15) is 0 Å². The molecule has 4 unspecified atom stereocenters. The fourth-order valence-electron chi connectivity index (χ4n) is 5.43. The Morgan fingerprint density at radius 2 is 1.85 bits per heavy atom. The number of ketones is 1. The molecule has 3 heterocycles. The summed E-state index contributed by atoms with van der Waals surface area (Å²) in [5, 5.41) is 0. The first-order valence-electron chi connectivity index (χ1n) is 11.9. The molecule has 1 saturated carbocycles. The van der Waals surface area contributed by atoms with Gasteiger partial charge in [-0.1, -0.05) is 12.1 Å². The first kappa shape index (κ1) is 23.0. The second-order valence-corrected chi connectivity index (χ2v) is 9.25. The van der Waals surface area contributed by atoms with Crippen LogP contribution in [0.4, 0.5) is 4.39 Å². The largest absolute Gasteiger partial charge is 0.483 e. The van der Waals surface area contributed by atoms with Crippen molar-refractivity contribution in [1.82, 2.24) is 9.80 Å². The molecule has 0 spiro atoms. The SMILES string of the molecule is COC(=O)c1ccc(C2C3=C(OC4CCC(F)CC4C3=O)C(=O)N2CCN2CCOCC2)cc1. The highest BCUT2D eigenvalue weighted by Gasteiger charge is 2.52. The number of amides is 1. The number of fused-ring (bicyclic) bond motifs is 1. The molecule has 0 aromatic heterocycles. The number of ether oxygens (including phenoxy) is 3. The Bertz CT molecular complexity index is 1000. The number of carbonyl (C=O) groups excluding carboxylic acids is 3. The van der Waals surface area contributed by atoms with Crippen molar-refractivity contribution < 1.29 is 33.0 Å². The molecule has 4 aliphatic rings. The van der Waals surface area contributed by atoms with Gasteiger partial charge in [-0.25, -0.2) is 9.18 Å². The number of esters is 1. The minimum absolute atomic E-state index is 0.104. The molecular formula is C25H29FN2O6. The number of morpholine rings is 1. The number of carbonyl (C=O) groups is 3. The maximum atomic E-state index is 14.2. The minimum Gasteiger partial charge on any atom is -0.483 e. The van der Waals surface area contributed by atoms with Crippen molar-refractivity contribution in [3.05, 3.63) is 46.7 Å². The minimum atomic E-state index is -1.04. The standard InChI is InChI=1S/C25H29FN2O6/c1-32-25(31)16-4-2-15(3-5-16)21-20-22(29)18-14-17(26)6-7-19(18)34-23(20)24(30)28(21)9-8-27-10-12-33-13-11-27/h2-5,17-19,21H,6-14H2,1H3. The molecular weight excluding hydrogens is 443 g/mol. The van der Waals surface area contributed by atoms with E-state index in [0.29, 0.717) is 55.8 Å². The number of alkyl halides is 1. The maximum Gasteiger partial charge on any atom is 0.337 e. The summed E-state index contributed by atoms with van der Waals surface area (Å²) in [6.07, 6.45) is -0.610. The van der Waals surface area contributed by atoms with Crippen LogP contribution in [0.25, 0.3) is 0 Å². The van der Waals surface area contributed by atoms with Gasteiger partial charge < -0.3 is 19.1 Å². The molecule has 0 N–H and O–H groups in total. The van der Waals surface area contributed by atoms with Gasteiger partial charge in [0.15, 0.2) is 11.5 Å². The van der Waals surface area contributed by atoms with Crippen molar-refractivity contribution in [2.24, 2.45) is 5.92 Å². The molecule has 3 aliphatic heterocycles. The quantitative estimate of drug-likeness (QED) is 0.607. The highest BCUT2D eigenvalue weighted by Crippen LogP contribution is 2.47. The summed E-state index contributed by atoms with van der Waals surface area (Å²) in [6.45, 7) is 3.91. The van der Waals surface area contributed by atoms with E-state index in [1.165, 1.54) is 7.11 Å². The maximum absolute atomic E-state index is 14.2. The van der Waals surface area contributed by atoms with Crippen LogP contribution in [0.5, 0.6) is 0 Å². The predicted molar refractivity (Wildman–Crippen MR) is 119 cm³/mol. The van der Waals surface area contributed by atoms with E-state index in [0.717, 1.165) is 13.1 Å². The van der Waals surface area contributed by atoms with Crippen LogP contribution in [0.1, 0.15) is 41.2 Å².